The first kappa shape index (κ1) is 24.3. The molecule has 0 saturated carbocycles. The number of nitrogens with one attached hydrogen (secondary N) is 1. The second-order valence-electron chi connectivity index (χ2n) is 8.93. The molecule has 0 heterocycles. The monoisotopic (exact) mass is 496 g/mol. The van der Waals surface area contributed by atoms with E-state index in [9.17, 15) is 13.2 Å². The average molecular weight is 497 g/mol. The van der Waals surface area contributed by atoms with E-state index in [1.165, 1.54) is 11.1 Å². The quantitative estimate of drug-likeness (QED) is 0.468. The zero-order chi connectivity index (χ0) is 24.5. The van der Waals surface area contributed by atoms with Gasteiger partial charge in [0.15, 0.2) is 0 Å². The van der Waals surface area contributed by atoms with Crippen LogP contribution in [0.25, 0.3) is 0 Å². The van der Waals surface area contributed by atoms with Crippen molar-refractivity contribution in [2.45, 2.75) is 51.0 Å². The second-order valence-corrected chi connectivity index (χ2v) is 11.2. The fraction of sp³-hybridized carbons (Fsp3) is 0.296. The molecule has 0 radical (unpaired) electrons. The van der Waals surface area contributed by atoms with Crippen molar-refractivity contribution in [2.24, 2.45) is 0 Å². The number of carbonyl (C=O) groups is 1. The summed E-state index contributed by atoms with van der Waals surface area (Å²) >= 11 is 6.11. The van der Waals surface area contributed by atoms with Crippen LogP contribution in [0.5, 0.6) is 0 Å². The molecule has 3 aromatic rings. The highest BCUT2D eigenvalue weighted by atomic mass is 35.5. The van der Waals surface area contributed by atoms with Crippen molar-refractivity contribution in [3.63, 3.8) is 0 Å². The summed E-state index contributed by atoms with van der Waals surface area (Å²) in [5, 5.41) is 3.48. The van der Waals surface area contributed by atoms with Crippen LogP contribution in [0.2, 0.25) is 5.02 Å². The second kappa shape index (κ2) is 9.80. The number of nitrogens with zero attached hydrogens (tertiary/aromatic N) is 1. The number of rotatable bonds is 7. The topological polar surface area (TPSA) is 66.5 Å². The molecular formula is C27H29ClN2O3S. The van der Waals surface area contributed by atoms with E-state index in [1.54, 1.807) is 49.4 Å². The van der Waals surface area contributed by atoms with Crippen LogP contribution >= 0.6 is 11.6 Å². The molecule has 0 bridgehead atoms. The number of halogens is 1. The van der Waals surface area contributed by atoms with Gasteiger partial charge >= 0.3 is 0 Å². The van der Waals surface area contributed by atoms with E-state index in [0.717, 1.165) is 34.7 Å². The van der Waals surface area contributed by atoms with Gasteiger partial charge in [-0.25, -0.2) is 8.42 Å². The molecule has 0 fully saturated rings. The molecule has 4 rings (SSSR count). The molecule has 1 amide bonds. The van der Waals surface area contributed by atoms with Crippen molar-refractivity contribution in [3.8, 4) is 0 Å². The maximum absolute atomic E-state index is 13.6. The highest BCUT2D eigenvalue weighted by Gasteiger charge is 2.29. The molecule has 7 heteroatoms. The van der Waals surface area contributed by atoms with Gasteiger partial charge < -0.3 is 5.32 Å². The maximum Gasteiger partial charge on any atom is 0.264 e. The summed E-state index contributed by atoms with van der Waals surface area (Å²) in [5.74, 6) is -0.377. The Bertz CT molecular complexity index is 1320. The Morgan fingerprint density at radius 3 is 2.41 bits per heavy atom. The van der Waals surface area contributed by atoms with E-state index in [0.29, 0.717) is 16.3 Å². The highest BCUT2D eigenvalue weighted by molar-refractivity contribution is 7.92. The number of sulfonamides is 1. The molecule has 178 valence electrons. The largest absolute Gasteiger partial charge is 0.348 e. The van der Waals surface area contributed by atoms with Gasteiger partial charge in [-0.2, -0.15) is 0 Å². The van der Waals surface area contributed by atoms with Crippen LogP contribution < -0.4 is 9.62 Å². The molecule has 1 aliphatic carbocycles. The van der Waals surface area contributed by atoms with Crippen molar-refractivity contribution in [3.05, 3.63) is 93.5 Å². The summed E-state index contributed by atoms with van der Waals surface area (Å²) in [5.41, 5.74) is 5.77. The number of aryl methyl sites for hydroxylation is 4. The van der Waals surface area contributed by atoms with Gasteiger partial charge in [-0.3, -0.25) is 9.10 Å². The summed E-state index contributed by atoms with van der Waals surface area (Å²) in [7, 11) is -3.98. The van der Waals surface area contributed by atoms with Crippen LogP contribution in [-0.2, 0) is 27.7 Å². The molecule has 0 spiro atoms. The van der Waals surface area contributed by atoms with Crippen LogP contribution in [0, 0.1) is 13.8 Å². The Kier molecular flexibility index (Phi) is 7.01. The van der Waals surface area contributed by atoms with Crippen molar-refractivity contribution in [1.82, 2.24) is 5.32 Å². The molecule has 1 N–H and O–H groups in total. The molecule has 3 aromatic carbocycles. The summed E-state index contributed by atoms with van der Waals surface area (Å²) in [4.78, 5) is 13.2. The van der Waals surface area contributed by atoms with Gasteiger partial charge in [0.05, 0.1) is 16.6 Å². The lowest BCUT2D eigenvalue weighted by Gasteiger charge is -2.26. The van der Waals surface area contributed by atoms with E-state index in [-0.39, 0.29) is 23.4 Å². The third-order valence-corrected chi connectivity index (χ3v) is 8.33. The Hall–Kier alpha value is -2.83. The van der Waals surface area contributed by atoms with Gasteiger partial charge in [-0.15, -0.1) is 0 Å². The predicted octanol–water partition coefficient (Wildman–Crippen LogP) is 5.52. The van der Waals surface area contributed by atoms with Crippen LogP contribution in [0.15, 0.2) is 65.6 Å². The first-order chi connectivity index (χ1) is 16.1. The minimum Gasteiger partial charge on any atom is -0.348 e. The molecule has 1 atom stereocenters. The SMILES string of the molecule is Cc1ccc(S(=O)(=O)N(CC(=O)N[C@@H](C)c2ccc3c(c2)CCC3)c2ccc(Cl)cc2C)cc1. The number of anilines is 1. The van der Waals surface area contributed by atoms with Gasteiger partial charge in [0.25, 0.3) is 10.0 Å². The number of carbonyl (C=O) groups excluding carboxylic acids is 1. The van der Waals surface area contributed by atoms with Crippen LogP contribution in [-0.4, -0.2) is 20.9 Å². The summed E-state index contributed by atoms with van der Waals surface area (Å²) in [6.07, 6.45) is 3.32. The average Bonchev–Trinajstić information content (AvgIpc) is 3.26. The minimum absolute atomic E-state index is 0.131. The van der Waals surface area contributed by atoms with Crippen molar-refractivity contribution in [1.29, 1.82) is 0 Å². The van der Waals surface area contributed by atoms with Crippen LogP contribution in [0.4, 0.5) is 5.69 Å². The lowest BCUT2D eigenvalue weighted by Crippen LogP contribution is -2.42. The summed E-state index contributed by atoms with van der Waals surface area (Å²) in [6, 6.07) is 17.7. The lowest BCUT2D eigenvalue weighted by atomic mass is 10.0. The van der Waals surface area contributed by atoms with Gasteiger partial charge in [0.1, 0.15) is 6.54 Å². The normalized spacial score (nSPS) is 13.9. The molecular weight excluding hydrogens is 468 g/mol. The molecule has 1 aliphatic rings. The summed E-state index contributed by atoms with van der Waals surface area (Å²) < 4.78 is 28.4. The van der Waals surface area contributed by atoms with Crippen LogP contribution in [0.1, 0.15) is 47.2 Å². The molecule has 5 nitrogen and oxygen atoms in total. The molecule has 0 saturated heterocycles. The number of hydrogen-bond acceptors (Lipinski definition) is 3. The number of fused-ring (bicyclic) bond motifs is 1. The third-order valence-electron chi connectivity index (χ3n) is 6.32. The van der Waals surface area contributed by atoms with E-state index in [2.05, 4.69) is 17.4 Å². The molecule has 0 aromatic heterocycles. The lowest BCUT2D eigenvalue weighted by molar-refractivity contribution is -0.120. The Morgan fingerprint density at radius 1 is 1.00 bits per heavy atom. The standard InChI is InChI=1S/C27H29ClN2O3S/c1-18-7-12-25(13-8-18)34(32,33)30(26-14-11-24(28)15-19(26)2)17-27(31)29-20(3)22-10-9-21-5-4-6-23(21)16-22/h7-16,20H,4-6,17H2,1-3H3,(H,29,31)/t20-/m0/s1. The van der Waals surface area contributed by atoms with Gasteiger partial charge in [-0.05, 0) is 92.6 Å². The maximum atomic E-state index is 13.6. The Labute approximate surface area is 206 Å². The molecule has 0 unspecified atom stereocenters. The Morgan fingerprint density at radius 2 is 1.71 bits per heavy atom. The zero-order valence-corrected chi connectivity index (χ0v) is 21.2. The minimum atomic E-state index is -3.98. The molecule has 34 heavy (non-hydrogen) atoms. The summed E-state index contributed by atoms with van der Waals surface area (Å²) in [6.45, 7) is 5.25. The van der Waals surface area contributed by atoms with Crippen LogP contribution in [0.3, 0.4) is 0 Å². The highest BCUT2D eigenvalue weighted by Crippen LogP contribution is 2.29. The first-order valence-electron chi connectivity index (χ1n) is 11.4. The van der Waals surface area contributed by atoms with E-state index in [4.69, 9.17) is 11.6 Å². The van der Waals surface area contributed by atoms with E-state index < -0.39 is 10.0 Å². The fourth-order valence-electron chi connectivity index (χ4n) is 4.40. The predicted molar refractivity (Wildman–Crippen MR) is 137 cm³/mol. The smallest absolute Gasteiger partial charge is 0.264 e. The number of hydrogen-bond donors (Lipinski definition) is 1. The Balaban J connectivity index is 1.61. The number of benzene rings is 3. The van der Waals surface area contributed by atoms with Crippen molar-refractivity contribution < 1.29 is 13.2 Å². The van der Waals surface area contributed by atoms with Crippen molar-refractivity contribution in [2.75, 3.05) is 10.8 Å². The van der Waals surface area contributed by atoms with Crippen molar-refractivity contribution >= 4 is 33.2 Å². The fourth-order valence-corrected chi connectivity index (χ4v) is 6.11. The zero-order valence-electron chi connectivity index (χ0n) is 19.6. The third kappa shape index (κ3) is 5.13. The first-order valence-corrected chi connectivity index (χ1v) is 13.2. The number of amides is 1. The van der Waals surface area contributed by atoms with Gasteiger partial charge in [0.2, 0.25) is 5.91 Å². The van der Waals surface area contributed by atoms with Gasteiger partial charge in [0, 0.05) is 5.02 Å². The van der Waals surface area contributed by atoms with Gasteiger partial charge in [-0.1, -0.05) is 47.5 Å². The molecule has 0 aliphatic heterocycles. The van der Waals surface area contributed by atoms with E-state index >= 15 is 0 Å². The van der Waals surface area contributed by atoms with E-state index in [1.807, 2.05) is 19.9 Å².